The minimum atomic E-state index is -3.43. The minimum Gasteiger partial charge on any atom is -0.207 e. The van der Waals surface area contributed by atoms with Crippen LogP contribution in [0.3, 0.4) is 0 Å². The summed E-state index contributed by atoms with van der Waals surface area (Å²) in [5.74, 6) is 0. The van der Waals surface area contributed by atoms with E-state index in [9.17, 15) is 8.42 Å². The van der Waals surface area contributed by atoms with E-state index >= 15 is 0 Å². The number of hydrogen-bond donors (Lipinski definition) is 0. The molecule has 1 saturated heterocycles. The van der Waals surface area contributed by atoms with Crippen molar-refractivity contribution in [3.05, 3.63) is 42.0 Å². The van der Waals surface area contributed by atoms with Crippen molar-refractivity contribution in [3.8, 4) is 0 Å². The van der Waals surface area contributed by atoms with E-state index in [0.29, 0.717) is 11.4 Å². The standard InChI is InChI=1S/C18H23NO2S/c1-3-15-8-6-7-13-19(15)22(20,21)18-12-11-14(2)16-9-4-5-10-17(16)18/h4-5,9-12,15H,3,6-8,13H2,1-2H3/t15-/m1/s1. The molecule has 1 fully saturated rings. The van der Waals surface area contributed by atoms with Crippen molar-refractivity contribution in [3.63, 3.8) is 0 Å². The number of aryl methyl sites for hydroxylation is 1. The number of hydrogen-bond acceptors (Lipinski definition) is 2. The van der Waals surface area contributed by atoms with E-state index in [1.165, 1.54) is 0 Å². The van der Waals surface area contributed by atoms with Gasteiger partial charge in [0.2, 0.25) is 10.0 Å². The van der Waals surface area contributed by atoms with Crippen LogP contribution in [0.25, 0.3) is 10.8 Å². The molecule has 4 heteroatoms. The number of benzene rings is 2. The van der Waals surface area contributed by atoms with Gasteiger partial charge in [0.15, 0.2) is 0 Å². The van der Waals surface area contributed by atoms with Crippen molar-refractivity contribution < 1.29 is 8.42 Å². The van der Waals surface area contributed by atoms with Gasteiger partial charge in [-0.3, -0.25) is 0 Å². The van der Waals surface area contributed by atoms with E-state index in [0.717, 1.165) is 42.0 Å². The molecule has 0 aliphatic carbocycles. The maximum Gasteiger partial charge on any atom is 0.243 e. The predicted octanol–water partition coefficient (Wildman–Crippen LogP) is 4.10. The van der Waals surface area contributed by atoms with Crippen LogP contribution in [0.1, 0.15) is 38.2 Å². The second-order valence-corrected chi connectivity index (χ2v) is 7.96. The molecule has 3 rings (SSSR count). The third-order valence-electron chi connectivity index (χ3n) is 4.73. The Kier molecular flexibility index (Phi) is 4.24. The van der Waals surface area contributed by atoms with Gasteiger partial charge in [-0.1, -0.05) is 43.7 Å². The van der Waals surface area contributed by atoms with Crippen LogP contribution in [0, 0.1) is 6.92 Å². The molecule has 118 valence electrons. The average molecular weight is 317 g/mol. The summed E-state index contributed by atoms with van der Waals surface area (Å²) >= 11 is 0. The average Bonchev–Trinajstić information content (AvgIpc) is 2.55. The SMILES string of the molecule is CC[C@@H]1CCCCN1S(=O)(=O)c1ccc(C)c2ccccc12. The maximum absolute atomic E-state index is 13.2. The number of nitrogens with zero attached hydrogens (tertiary/aromatic N) is 1. The Hall–Kier alpha value is -1.39. The second kappa shape index (κ2) is 6.01. The molecule has 2 aromatic rings. The molecule has 22 heavy (non-hydrogen) atoms. The molecule has 0 bridgehead atoms. The fraction of sp³-hybridized carbons (Fsp3) is 0.444. The molecule has 0 N–H and O–H groups in total. The van der Waals surface area contributed by atoms with Crippen molar-refractivity contribution in [1.82, 2.24) is 4.31 Å². The first-order valence-corrected chi connectivity index (χ1v) is 9.50. The molecular weight excluding hydrogens is 294 g/mol. The zero-order valence-corrected chi connectivity index (χ0v) is 14.1. The molecule has 0 spiro atoms. The molecule has 1 atom stereocenters. The predicted molar refractivity (Wildman–Crippen MR) is 90.5 cm³/mol. The summed E-state index contributed by atoms with van der Waals surface area (Å²) in [6.07, 6.45) is 3.93. The largest absolute Gasteiger partial charge is 0.243 e. The number of piperidine rings is 1. The van der Waals surface area contributed by atoms with Gasteiger partial charge >= 0.3 is 0 Å². The summed E-state index contributed by atoms with van der Waals surface area (Å²) < 4.78 is 28.1. The van der Waals surface area contributed by atoms with Crippen LogP contribution in [-0.4, -0.2) is 25.3 Å². The monoisotopic (exact) mass is 317 g/mol. The van der Waals surface area contributed by atoms with Crippen molar-refractivity contribution in [2.75, 3.05) is 6.54 Å². The third-order valence-corrected chi connectivity index (χ3v) is 6.74. The van der Waals surface area contributed by atoms with Crippen molar-refractivity contribution in [2.24, 2.45) is 0 Å². The van der Waals surface area contributed by atoms with Gasteiger partial charge in [0.05, 0.1) is 4.90 Å². The van der Waals surface area contributed by atoms with Crippen LogP contribution >= 0.6 is 0 Å². The fourth-order valence-electron chi connectivity index (χ4n) is 3.47. The fourth-order valence-corrected chi connectivity index (χ4v) is 5.44. The van der Waals surface area contributed by atoms with Crippen LogP contribution in [0.15, 0.2) is 41.3 Å². The Labute approximate surface area is 133 Å². The third kappa shape index (κ3) is 2.55. The van der Waals surface area contributed by atoms with Gasteiger partial charge in [0, 0.05) is 18.0 Å². The van der Waals surface area contributed by atoms with Crippen LogP contribution in [0.2, 0.25) is 0 Å². The first-order chi connectivity index (χ1) is 10.6. The van der Waals surface area contributed by atoms with E-state index in [2.05, 4.69) is 6.92 Å². The van der Waals surface area contributed by atoms with Gasteiger partial charge in [0.25, 0.3) is 0 Å². The van der Waals surface area contributed by atoms with Gasteiger partial charge in [-0.15, -0.1) is 0 Å². The van der Waals surface area contributed by atoms with E-state index < -0.39 is 10.0 Å². The van der Waals surface area contributed by atoms with E-state index in [1.807, 2.05) is 37.3 Å². The minimum absolute atomic E-state index is 0.138. The molecule has 0 radical (unpaired) electrons. The molecule has 0 unspecified atom stereocenters. The molecule has 2 aromatic carbocycles. The van der Waals surface area contributed by atoms with Crippen LogP contribution in [0.4, 0.5) is 0 Å². The molecule has 0 amide bonds. The van der Waals surface area contributed by atoms with E-state index in [-0.39, 0.29) is 6.04 Å². The topological polar surface area (TPSA) is 37.4 Å². The summed E-state index contributed by atoms with van der Waals surface area (Å²) in [6.45, 7) is 4.74. The lowest BCUT2D eigenvalue weighted by molar-refractivity contribution is 0.247. The lowest BCUT2D eigenvalue weighted by Gasteiger charge is -2.34. The number of fused-ring (bicyclic) bond motifs is 1. The Morgan fingerprint density at radius 1 is 1.09 bits per heavy atom. The summed E-state index contributed by atoms with van der Waals surface area (Å²) in [7, 11) is -3.43. The first kappa shape index (κ1) is 15.5. The summed E-state index contributed by atoms with van der Waals surface area (Å²) in [6, 6.07) is 11.6. The number of rotatable bonds is 3. The quantitative estimate of drug-likeness (QED) is 0.854. The van der Waals surface area contributed by atoms with Crippen molar-refractivity contribution >= 4 is 20.8 Å². The van der Waals surface area contributed by atoms with Crippen LogP contribution < -0.4 is 0 Å². The molecule has 1 heterocycles. The van der Waals surface area contributed by atoms with Gasteiger partial charge < -0.3 is 0 Å². The molecule has 3 nitrogen and oxygen atoms in total. The molecule has 0 aromatic heterocycles. The molecule has 1 aliphatic heterocycles. The highest BCUT2D eigenvalue weighted by molar-refractivity contribution is 7.89. The molecule has 1 aliphatic rings. The lowest BCUT2D eigenvalue weighted by Crippen LogP contribution is -2.43. The lowest BCUT2D eigenvalue weighted by atomic mass is 10.0. The van der Waals surface area contributed by atoms with Gasteiger partial charge in [0.1, 0.15) is 0 Å². The Morgan fingerprint density at radius 3 is 2.55 bits per heavy atom. The molecule has 0 saturated carbocycles. The Bertz CT molecular complexity index is 783. The summed E-state index contributed by atoms with van der Waals surface area (Å²) in [4.78, 5) is 0.453. The summed E-state index contributed by atoms with van der Waals surface area (Å²) in [5.41, 5.74) is 1.11. The zero-order chi connectivity index (χ0) is 15.7. The maximum atomic E-state index is 13.2. The summed E-state index contributed by atoms with van der Waals surface area (Å²) in [5, 5.41) is 1.86. The van der Waals surface area contributed by atoms with Crippen molar-refractivity contribution in [1.29, 1.82) is 0 Å². The first-order valence-electron chi connectivity index (χ1n) is 8.06. The van der Waals surface area contributed by atoms with Gasteiger partial charge in [-0.05, 0) is 43.2 Å². The highest BCUT2D eigenvalue weighted by atomic mass is 32.2. The second-order valence-electron chi connectivity index (χ2n) is 6.10. The van der Waals surface area contributed by atoms with Gasteiger partial charge in [-0.2, -0.15) is 4.31 Å². The van der Waals surface area contributed by atoms with Crippen molar-refractivity contribution in [2.45, 2.75) is 50.5 Å². The van der Waals surface area contributed by atoms with Gasteiger partial charge in [-0.25, -0.2) is 8.42 Å². The highest BCUT2D eigenvalue weighted by Gasteiger charge is 2.33. The van der Waals surface area contributed by atoms with E-state index in [4.69, 9.17) is 0 Å². The smallest absolute Gasteiger partial charge is 0.207 e. The van der Waals surface area contributed by atoms with Crippen LogP contribution in [-0.2, 0) is 10.0 Å². The zero-order valence-electron chi connectivity index (χ0n) is 13.2. The Morgan fingerprint density at radius 2 is 1.82 bits per heavy atom. The number of sulfonamides is 1. The normalized spacial score (nSPS) is 20.4. The van der Waals surface area contributed by atoms with E-state index in [1.54, 1.807) is 10.4 Å². The molecular formula is C18H23NO2S. The van der Waals surface area contributed by atoms with Crippen LogP contribution in [0.5, 0.6) is 0 Å². The Balaban J connectivity index is 2.15. The highest BCUT2D eigenvalue weighted by Crippen LogP contribution is 2.32.